The second-order valence-electron chi connectivity index (χ2n) is 3.21. The molecule has 1 aliphatic carbocycles. The number of rotatable bonds is 1. The highest BCUT2D eigenvalue weighted by Gasteiger charge is 2.15. The Morgan fingerprint density at radius 2 is 2.36 bits per heavy atom. The largest absolute Gasteiger partial charge is 0.366 e. The lowest BCUT2D eigenvalue weighted by molar-refractivity contribution is 0.149. The Labute approximate surface area is 67.7 Å². The van der Waals surface area contributed by atoms with Crippen LogP contribution in [0, 0.1) is 0 Å². The van der Waals surface area contributed by atoms with Crippen molar-refractivity contribution < 1.29 is 4.74 Å². The van der Waals surface area contributed by atoms with Crippen LogP contribution in [0.3, 0.4) is 0 Å². The summed E-state index contributed by atoms with van der Waals surface area (Å²) < 4.78 is 5.51. The molecule has 0 saturated carbocycles. The second-order valence-corrected chi connectivity index (χ2v) is 3.21. The van der Waals surface area contributed by atoms with Crippen molar-refractivity contribution in [3.8, 4) is 0 Å². The SMILES string of the molecule is C1=C[C@@H](C2=CCCCC2)OC1. The monoisotopic (exact) mass is 150 g/mol. The van der Waals surface area contributed by atoms with Crippen LogP contribution in [0.5, 0.6) is 0 Å². The maximum atomic E-state index is 5.51. The molecular formula is C10H14O. The van der Waals surface area contributed by atoms with E-state index >= 15 is 0 Å². The summed E-state index contributed by atoms with van der Waals surface area (Å²) in [5, 5.41) is 0. The van der Waals surface area contributed by atoms with Crippen molar-refractivity contribution >= 4 is 0 Å². The Kier molecular flexibility index (Phi) is 2.08. The van der Waals surface area contributed by atoms with Crippen LogP contribution in [0.1, 0.15) is 25.7 Å². The van der Waals surface area contributed by atoms with Gasteiger partial charge in [0.05, 0.1) is 12.7 Å². The van der Waals surface area contributed by atoms with Crippen molar-refractivity contribution in [1.82, 2.24) is 0 Å². The van der Waals surface area contributed by atoms with Crippen molar-refractivity contribution in [3.63, 3.8) is 0 Å². The molecule has 0 fully saturated rings. The van der Waals surface area contributed by atoms with Crippen molar-refractivity contribution in [2.75, 3.05) is 6.61 Å². The predicted molar refractivity (Wildman–Crippen MR) is 45.4 cm³/mol. The molecular weight excluding hydrogens is 136 g/mol. The number of allylic oxidation sites excluding steroid dienone is 1. The average molecular weight is 150 g/mol. The van der Waals surface area contributed by atoms with E-state index in [-0.39, 0.29) is 0 Å². The van der Waals surface area contributed by atoms with E-state index < -0.39 is 0 Å². The van der Waals surface area contributed by atoms with Gasteiger partial charge in [-0.2, -0.15) is 0 Å². The third kappa shape index (κ3) is 1.54. The molecule has 0 aromatic heterocycles. The molecule has 0 saturated heterocycles. The first kappa shape index (κ1) is 7.11. The summed E-state index contributed by atoms with van der Waals surface area (Å²) in [4.78, 5) is 0. The lowest BCUT2D eigenvalue weighted by atomic mass is 9.96. The Morgan fingerprint density at radius 1 is 1.36 bits per heavy atom. The molecule has 0 spiro atoms. The molecule has 2 rings (SSSR count). The van der Waals surface area contributed by atoms with Gasteiger partial charge >= 0.3 is 0 Å². The lowest BCUT2D eigenvalue weighted by Crippen LogP contribution is -2.10. The highest BCUT2D eigenvalue weighted by atomic mass is 16.5. The molecule has 0 amide bonds. The minimum absolute atomic E-state index is 0.329. The van der Waals surface area contributed by atoms with Crippen molar-refractivity contribution in [2.24, 2.45) is 0 Å². The van der Waals surface area contributed by atoms with E-state index in [0.717, 1.165) is 6.61 Å². The molecule has 0 N–H and O–H groups in total. The fraction of sp³-hybridized carbons (Fsp3) is 0.600. The van der Waals surface area contributed by atoms with Crippen LogP contribution in [-0.4, -0.2) is 12.7 Å². The van der Waals surface area contributed by atoms with Gasteiger partial charge in [-0.1, -0.05) is 18.2 Å². The van der Waals surface area contributed by atoms with E-state index in [4.69, 9.17) is 4.74 Å². The summed E-state index contributed by atoms with van der Waals surface area (Å²) >= 11 is 0. The minimum Gasteiger partial charge on any atom is -0.366 e. The van der Waals surface area contributed by atoms with Crippen LogP contribution >= 0.6 is 0 Å². The molecule has 11 heavy (non-hydrogen) atoms. The second kappa shape index (κ2) is 3.22. The van der Waals surface area contributed by atoms with E-state index in [1.165, 1.54) is 31.3 Å². The van der Waals surface area contributed by atoms with Crippen LogP contribution in [0.25, 0.3) is 0 Å². The quantitative estimate of drug-likeness (QED) is 0.522. The van der Waals surface area contributed by atoms with Crippen LogP contribution in [0.4, 0.5) is 0 Å². The number of hydrogen-bond donors (Lipinski definition) is 0. The molecule has 0 aromatic carbocycles. The van der Waals surface area contributed by atoms with Crippen LogP contribution in [-0.2, 0) is 4.74 Å². The number of ether oxygens (including phenoxy) is 1. The van der Waals surface area contributed by atoms with Gasteiger partial charge in [-0.05, 0) is 31.3 Å². The van der Waals surface area contributed by atoms with Gasteiger partial charge in [0.25, 0.3) is 0 Å². The van der Waals surface area contributed by atoms with Crippen molar-refractivity contribution in [2.45, 2.75) is 31.8 Å². The Balaban J connectivity index is 2.02. The molecule has 0 unspecified atom stereocenters. The molecule has 60 valence electrons. The van der Waals surface area contributed by atoms with E-state index in [0.29, 0.717) is 6.10 Å². The first-order chi connectivity index (χ1) is 5.47. The summed E-state index contributed by atoms with van der Waals surface area (Å²) in [6, 6.07) is 0. The van der Waals surface area contributed by atoms with E-state index in [1.54, 1.807) is 0 Å². The van der Waals surface area contributed by atoms with Gasteiger partial charge in [-0.15, -0.1) is 0 Å². The maximum absolute atomic E-state index is 5.51. The standard InChI is InChI=1S/C10H14O/c1-2-5-9(6-3-1)10-7-4-8-11-10/h4-5,7,10H,1-3,6,8H2/t10-/m0/s1. The van der Waals surface area contributed by atoms with Crippen LogP contribution in [0.15, 0.2) is 23.8 Å². The number of hydrogen-bond acceptors (Lipinski definition) is 1. The zero-order valence-electron chi connectivity index (χ0n) is 6.75. The summed E-state index contributed by atoms with van der Waals surface area (Å²) in [5.41, 5.74) is 1.50. The normalized spacial score (nSPS) is 30.5. The van der Waals surface area contributed by atoms with E-state index in [9.17, 15) is 0 Å². The summed E-state index contributed by atoms with van der Waals surface area (Å²) in [7, 11) is 0. The van der Waals surface area contributed by atoms with Crippen molar-refractivity contribution in [3.05, 3.63) is 23.8 Å². The van der Waals surface area contributed by atoms with Crippen LogP contribution < -0.4 is 0 Å². The van der Waals surface area contributed by atoms with Gasteiger partial charge in [0.15, 0.2) is 0 Å². The maximum Gasteiger partial charge on any atom is 0.0971 e. The van der Waals surface area contributed by atoms with Crippen LogP contribution in [0.2, 0.25) is 0 Å². The average Bonchev–Trinajstić information content (AvgIpc) is 2.58. The molecule has 1 heteroatoms. The fourth-order valence-electron chi connectivity index (χ4n) is 1.75. The van der Waals surface area contributed by atoms with Gasteiger partial charge in [-0.3, -0.25) is 0 Å². The third-order valence-electron chi connectivity index (χ3n) is 2.37. The van der Waals surface area contributed by atoms with Gasteiger partial charge in [0.2, 0.25) is 0 Å². The zero-order valence-corrected chi connectivity index (χ0v) is 6.75. The van der Waals surface area contributed by atoms with E-state index in [2.05, 4.69) is 18.2 Å². The Bertz CT molecular complexity index is 191. The lowest BCUT2D eigenvalue weighted by Gasteiger charge is -2.17. The molecule has 1 nitrogen and oxygen atoms in total. The summed E-state index contributed by atoms with van der Waals surface area (Å²) in [6.45, 7) is 0.808. The molecule has 1 heterocycles. The van der Waals surface area contributed by atoms with Gasteiger partial charge in [0, 0.05) is 0 Å². The fourth-order valence-corrected chi connectivity index (χ4v) is 1.75. The summed E-state index contributed by atoms with van der Waals surface area (Å²) in [5.74, 6) is 0. The van der Waals surface area contributed by atoms with Gasteiger partial charge < -0.3 is 4.74 Å². The van der Waals surface area contributed by atoms with E-state index in [1.807, 2.05) is 0 Å². The molecule has 0 bridgehead atoms. The molecule has 2 aliphatic rings. The van der Waals surface area contributed by atoms with Crippen molar-refractivity contribution in [1.29, 1.82) is 0 Å². The molecule has 0 aromatic rings. The molecule has 1 atom stereocenters. The highest BCUT2D eigenvalue weighted by molar-refractivity contribution is 5.19. The molecule has 1 aliphatic heterocycles. The molecule has 0 radical (unpaired) electrons. The first-order valence-electron chi connectivity index (χ1n) is 4.44. The van der Waals surface area contributed by atoms with Gasteiger partial charge in [0.1, 0.15) is 0 Å². The Morgan fingerprint density at radius 3 is 3.00 bits per heavy atom. The first-order valence-corrected chi connectivity index (χ1v) is 4.44. The smallest absolute Gasteiger partial charge is 0.0971 e. The highest BCUT2D eigenvalue weighted by Crippen LogP contribution is 2.24. The predicted octanol–water partition coefficient (Wildman–Crippen LogP) is 2.44. The zero-order chi connectivity index (χ0) is 7.52. The Hall–Kier alpha value is -0.560. The third-order valence-corrected chi connectivity index (χ3v) is 2.37. The summed E-state index contributed by atoms with van der Waals surface area (Å²) in [6.07, 6.45) is 12.2. The topological polar surface area (TPSA) is 9.23 Å². The minimum atomic E-state index is 0.329. The van der Waals surface area contributed by atoms with Gasteiger partial charge in [-0.25, -0.2) is 0 Å².